The standard InChI is InChI=1S/C22H21ClF3N3O2/c1-28(2)11-12-31-18-14-29(13-15-7-4-3-5-8-15)20(27-21(18)30)16-9-6-10-17(19(16)23)22(24,25)26/h3-10,14H,11-13H2,1-2H3. The van der Waals surface area contributed by atoms with E-state index < -0.39 is 22.3 Å². The molecule has 0 fully saturated rings. The van der Waals surface area contributed by atoms with Gasteiger partial charge in [0.1, 0.15) is 12.4 Å². The van der Waals surface area contributed by atoms with Crippen LogP contribution < -0.4 is 10.3 Å². The normalized spacial score (nSPS) is 11.7. The molecule has 0 aliphatic heterocycles. The Labute approximate surface area is 182 Å². The van der Waals surface area contributed by atoms with Gasteiger partial charge in [-0.25, -0.2) is 0 Å². The summed E-state index contributed by atoms with van der Waals surface area (Å²) in [4.78, 5) is 18.5. The Kier molecular flexibility index (Phi) is 7.02. The summed E-state index contributed by atoms with van der Waals surface area (Å²) < 4.78 is 47.2. The van der Waals surface area contributed by atoms with E-state index in [-0.39, 0.29) is 30.3 Å². The van der Waals surface area contributed by atoms with Crippen LogP contribution in [-0.4, -0.2) is 41.7 Å². The lowest BCUT2D eigenvalue weighted by Gasteiger charge is -2.18. The van der Waals surface area contributed by atoms with E-state index >= 15 is 0 Å². The zero-order valence-corrected chi connectivity index (χ0v) is 17.7. The third kappa shape index (κ3) is 5.65. The van der Waals surface area contributed by atoms with Gasteiger partial charge in [-0.05, 0) is 31.8 Å². The minimum absolute atomic E-state index is 0.0179. The minimum atomic E-state index is -4.63. The van der Waals surface area contributed by atoms with Gasteiger partial charge in [-0.15, -0.1) is 0 Å². The van der Waals surface area contributed by atoms with Crippen LogP contribution >= 0.6 is 11.6 Å². The zero-order chi connectivity index (χ0) is 22.6. The molecule has 1 heterocycles. The van der Waals surface area contributed by atoms with E-state index in [9.17, 15) is 18.0 Å². The fourth-order valence-corrected chi connectivity index (χ4v) is 3.27. The molecule has 31 heavy (non-hydrogen) atoms. The van der Waals surface area contributed by atoms with E-state index in [4.69, 9.17) is 16.3 Å². The van der Waals surface area contributed by atoms with Crippen LogP contribution in [0.1, 0.15) is 11.1 Å². The first-order valence-electron chi connectivity index (χ1n) is 9.46. The molecule has 0 saturated heterocycles. The second-order valence-electron chi connectivity index (χ2n) is 7.16. The SMILES string of the molecule is CN(C)CCOc1cn(Cc2ccccc2)c(-c2cccc(C(F)(F)F)c2Cl)nc1=O. The average molecular weight is 452 g/mol. The van der Waals surface area contributed by atoms with Gasteiger partial charge in [0, 0.05) is 18.7 Å². The Morgan fingerprint density at radius 2 is 1.81 bits per heavy atom. The predicted molar refractivity (Wildman–Crippen MR) is 114 cm³/mol. The van der Waals surface area contributed by atoms with Crippen molar-refractivity contribution in [2.75, 3.05) is 27.2 Å². The maximum Gasteiger partial charge on any atom is 0.417 e. The summed E-state index contributed by atoms with van der Waals surface area (Å²) in [6.07, 6.45) is -3.17. The first kappa shape index (κ1) is 22.8. The molecule has 3 aromatic rings. The van der Waals surface area contributed by atoms with Gasteiger partial charge in [-0.3, -0.25) is 4.79 Å². The molecule has 0 N–H and O–H groups in total. The minimum Gasteiger partial charge on any atom is -0.485 e. The third-order valence-corrected chi connectivity index (χ3v) is 4.91. The van der Waals surface area contributed by atoms with Gasteiger partial charge in [0.05, 0.1) is 16.8 Å². The van der Waals surface area contributed by atoms with Crippen LogP contribution in [0.4, 0.5) is 13.2 Å². The molecule has 0 saturated carbocycles. The van der Waals surface area contributed by atoms with Gasteiger partial charge in [0.25, 0.3) is 0 Å². The summed E-state index contributed by atoms with van der Waals surface area (Å²) in [6.45, 7) is 1.11. The van der Waals surface area contributed by atoms with E-state index in [1.54, 1.807) is 4.57 Å². The summed E-state index contributed by atoms with van der Waals surface area (Å²) >= 11 is 6.10. The molecule has 0 aliphatic carbocycles. The van der Waals surface area contributed by atoms with Gasteiger partial charge in [-0.2, -0.15) is 18.2 Å². The molecular weight excluding hydrogens is 431 g/mol. The van der Waals surface area contributed by atoms with Crippen LogP contribution in [0.2, 0.25) is 5.02 Å². The highest BCUT2D eigenvalue weighted by atomic mass is 35.5. The molecule has 0 bridgehead atoms. The fraction of sp³-hybridized carbons (Fsp3) is 0.273. The molecule has 9 heteroatoms. The van der Waals surface area contributed by atoms with Crippen molar-refractivity contribution >= 4 is 11.6 Å². The molecule has 2 aromatic carbocycles. The molecule has 0 spiro atoms. The number of likely N-dealkylation sites (N-methyl/N-ethyl adjacent to an activating group) is 1. The van der Waals surface area contributed by atoms with Crippen LogP contribution in [0.5, 0.6) is 5.75 Å². The second-order valence-corrected chi connectivity index (χ2v) is 7.54. The van der Waals surface area contributed by atoms with Crippen LogP contribution in [0, 0.1) is 0 Å². The van der Waals surface area contributed by atoms with Crippen LogP contribution in [0.3, 0.4) is 0 Å². The van der Waals surface area contributed by atoms with Crippen molar-refractivity contribution in [2.24, 2.45) is 0 Å². The zero-order valence-electron chi connectivity index (χ0n) is 17.0. The predicted octanol–water partition coefficient (Wildman–Crippen LogP) is 4.57. The van der Waals surface area contributed by atoms with Gasteiger partial charge < -0.3 is 14.2 Å². The lowest BCUT2D eigenvalue weighted by Crippen LogP contribution is -2.23. The Morgan fingerprint density at radius 1 is 1.10 bits per heavy atom. The highest BCUT2D eigenvalue weighted by Crippen LogP contribution is 2.39. The smallest absolute Gasteiger partial charge is 0.417 e. The molecular formula is C22H21ClF3N3O2. The van der Waals surface area contributed by atoms with Crippen molar-refractivity contribution in [3.63, 3.8) is 0 Å². The Hall–Kier alpha value is -2.84. The van der Waals surface area contributed by atoms with Gasteiger partial charge >= 0.3 is 11.7 Å². The first-order valence-corrected chi connectivity index (χ1v) is 9.83. The molecule has 0 atom stereocenters. The second kappa shape index (κ2) is 9.53. The van der Waals surface area contributed by atoms with Crippen molar-refractivity contribution < 1.29 is 17.9 Å². The number of hydrogen-bond acceptors (Lipinski definition) is 4. The van der Waals surface area contributed by atoms with E-state index in [0.717, 1.165) is 11.6 Å². The Bertz CT molecular complexity index is 1100. The number of ether oxygens (including phenoxy) is 1. The number of aromatic nitrogens is 2. The fourth-order valence-electron chi connectivity index (χ4n) is 2.95. The van der Waals surface area contributed by atoms with Gasteiger partial charge in [-0.1, -0.05) is 48.0 Å². The Balaban J connectivity index is 2.11. The summed E-state index contributed by atoms with van der Waals surface area (Å²) in [6, 6.07) is 12.8. The van der Waals surface area contributed by atoms with E-state index in [0.29, 0.717) is 6.54 Å². The summed E-state index contributed by atoms with van der Waals surface area (Å²) in [5.74, 6) is 0.0505. The topological polar surface area (TPSA) is 47.4 Å². The maximum atomic E-state index is 13.3. The first-order chi connectivity index (χ1) is 14.7. The van der Waals surface area contributed by atoms with Crippen molar-refractivity contribution in [1.29, 1.82) is 0 Å². The molecule has 3 rings (SSSR count). The highest BCUT2D eigenvalue weighted by molar-refractivity contribution is 6.34. The molecule has 5 nitrogen and oxygen atoms in total. The molecule has 0 unspecified atom stereocenters. The number of hydrogen-bond donors (Lipinski definition) is 0. The van der Waals surface area contributed by atoms with Crippen molar-refractivity contribution in [1.82, 2.24) is 14.5 Å². The summed E-state index contributed by atoms with van der Waals surface area (Å²) in [5.41, 5.74) is -0.772. The van der Waals surface area contributed by atoms with Crippen molar-refractivity contribution in [2.45, 2.75) is 12.7 Å². The molecule has 164 valence electrons. The van der Waals surface area contributed by atoms with Crippen molar-refractivity contribution in [3.05, 3.63) is 81.2 Å². The number of alkyl halides is 3. The van der Waals surface area contributed by atoms with Crippen LogP contribution in [0.15, 0.2) is 59.5 Å². The summed E-state index contributed by atoms with van der Waals surface area (Å²) in [7, 11) is 3.74. The number of halogens is 4. The molecule has 1 aromatic heterocycles. The van der Waals surface area contributed by atoms with Crippen LogP contribution in [0.25, 0.3) is 11.4 Å². The number of benzene rings is 2. The molecule has 0 amide bonds. The largest absolute Gasteiger partial charge is 0.485 e. The monoisotopic (exact) mass is 451 g/mol. The number of nitrogens with zero attached hydrogens (tertiary/aromatic N) is 3. The van der Waals surface area contributed by atoms with E-state index in [1.807, 2.05) is 49.3 Å². The number of rotatable bonds is 7. The van der Waals surface area contributed by atoms with Crippen LogP contribution in [-0.2, 0) is 12.7 Å². The van der Waals surface area contributed by atoms with Gasteiger partial charge in [0.15, 0.2) is 0 Å². The van der Waals surface area contributed by atoms with Gasteiger partial charge in [0.2, 0.25) is 5.75 Å². The molecule has 0 radical (unpaired) electrons. The van der Waals surface area contributed by atoms with Crippen molar-refractivity contribution in [3.8, 4) is 17.1 Å². The maximum absolute atomic E-state index is 13.3. The third-order valence-electron chi connectivity index (χ3n) is 4.50. The molecule has 0 aliphatic rings. The average Bonchev–Trinajstić information content (AvgIpc) is 2.70. The Morgan fingerprint density at radius 3 is 2.45 bits per heavy atom. The van der Waals surface area contributed by atoms with E-state index in [2.05, 4.69) is 4.98 Å². The lowest BCUT2D eigenvalue weighted by atomic mass is 10.1. The summed E-state index contributed by atoms with van der Waals surface area (Å²) in [5, 5.41) is -0.509. The highest BCUT2D eigenvalue weighted by Gasteiger charge is 2.34. The van der Waals surface area contributed by atoms with E-state index in [1.165, 1.54) is 18.3 Å². The quantitative estimate of drug-likeness (QED) is 0.528. The lowest BCUT2D eigenvalue weighted by molar-refractivity contribution is -0.137.